The maximum Gasteiger partial charge on any atom is 0.307 e. The Morgan fingerprint density at radius 1 is 1.37 bits per heavy atom. The summed E-state index contributed by atoms with van der Waals surface area (Å²) in [7, 11) is 0. The van der Waals surface area contributed by atoms with Gasteiger partial charge in [0.25, 0.3) is 0 Å². The Hall–Kier alpha value is -1.14. The van der Waals surface area contributed by atoms with Crippen LogP contribution in [0.4, 0.5) is 0 Å². The van der Waals surface area contributed by atoms with Crippen LogP contribution in [0.15, 0.2) is 0 Å². The van der Waals surface area contributed by atoms with Crippen molar-refractivity contribution in [1.82, 2.24) is 10.2 Å². The third-order valence-corrected chi connectivity index (χ3v) is 2.97. The molecule has 1 unspecified atom stereocenters. The van der Waals surface area contributed by atoms with Crippen LogP contribution < -0.4 is 5.32 Å². The Morgan fingerprint density at radius 2 is 2.05 bits per heavy atom. The molecule has 1 heterocycles. The first-order valence-electron chi connectivity index (χ1n) is 6.88. The molecule has 6 nitrogen and oxygen atoms in total. The second-order valence-corrected chi connectivity index (χ2v) is 4.61. The fourth-order valence-corrected chi connectivity index (χ4v) is 1.94. The van der Waals surface area contributed by atoms with Gasteiger partial charge in [0.1, 0.15) is 0 Å². The number of hydrogen-bond acceptors (Lipinski definition) is 5. The number of rotatable bonds is 7. The van der Waals surface area contributed by atoms with Crippen LogP contribution in [0.25, 0.3) is 0 Å². The van der Waals surface area contributed by atoms with Gasteiger partial charge in [0.05, 0.1) is 26.2 Å². The lowest BCUT2D eigenvalue weighted by atomic mass is 10.2. The van der Waals surface area contributed by atoms with E-state index in [9.17, 15) is 9.59 Å². The maximum absolute atomic E-state index is 11.8. The van der Waals surface area contributed by atoms with Crippen LogP contribution in [0.1, 0.15) is 26.7 Å². The van der Waals surface area contributed by atoms with E-state index in [0.29, 0.717) is 52.3 Å². The first kappa shape index (κ1) is 15.9. The number of ether oxygens (including phenoxy) is 2. The summed E-state index contributed by atoms with van der Waals surface area (Å²) in [5, 5.41) is 3.16. The van der Waals surface area contributed by atoms with Crippen molar-refractivity contribution in [2.45, 2.75) is 32.7 Å². The number of esters is 1. The number of morpholine rings is 1. The Kier molecular flexibility index (Phi) is 7.43. The van der Waals surface area contributed by atoms with E-state index in [2.05, 4.69) is 5.32 Å². The molecule has 1 aliphatic heterocycles. The van der Waals surface area contributed by atoms with Gasteiger partial charge in [-0.15, -0.1) is 0 Å². The van der Waals surface area contributed by atoms with Gasteiger partial charge in [-0.05, 0) is 13.8 Å². The predicted molar refractivity (Wildman–Crippen MR) is 70.7 cm³/mol. The summed E-state index contributed by atoms with van der Waals surface area (Å²) >= 11 is 0. The summed E-state index contributed by atoms with van der Waals surface area (Å²) in [4.78, 5) is 24.9. The van der Waals surface area contributed by atoms with Crippen molar-refractivity contribution in [1.29, 1.82) is 0 Å². The zero-order chi connectivity index (χ0) is 14.1. The molecule has 0 spiro atoms. The molecule has 6 heteroatoms. The molecule has 0 radical (unpaired) electrons. The highest BCUT2D eigenvalue weighted by Gasteiger charge is 2.16. The lowest BCUT2D eigenvalue weighted by molar-refractivity contribution is -0.143. The summed E-state index contributed by atoms with van der Waals surface area (Å²) in [5.41, 5.74) is 0. The van der Waals surface area contributed by atoms with Crippen molar-refractivity contribution in [3.8, 4) is 0 Å². The molecular weight excluding hydrogens is 248 g/mol. The molecule has 1 rings (SSSR count). The molecule has 0 saturated carbocycles. The molecule has 0 aliphatic carbocycles. The summed E-state index contributed by atoms with van der Waals surface area (Å²) in [6.07, 6.45) is 0.784. The molecule has 0 aromatic carbocycles. The molecule has 19 heavy (non-hydrogen) atoms. The van der Waals surface area contributed by atoms with Crippen LogP contribution in [0.5, 0.6) is 0 Å². The third kappa shape index (κ3) is 6.54. The SMILES string of the molecule is CCOC(=O)CC(C)NCCC(=O)N1CCOCC1. The van der Waals surface area contributed by atoms with E-state index in [4.69, 9.17) is 9.47 Å². The number of nitrogens with one attached hydrogen (secondary N) is 1. The van der Waals surface area contributed by atoms with Crippen LogP contribution in [0.2, 0.25) is 0 Å². The van der Waals surface area contributed by atoms with E-state index in [0.717, 1.165) is 0 Å². The van der Waals surface area contributed by atoms with Gasteiger partial charge >= 0.3 is 5.97 Å². The first-order valence-corrected chi connectivity index (χ1v) is 6.88. The zero-order valence-electron chi connectivity index (χ0n) is 11.8. The van der Waals surface area contributed by atoms with Gasteiger partial charge in [0, 0.05) is 32.1 Å². The quantitative estimate of drug-likeness (QED) is 0.669. The Balaban J connectivity index is 2.11. The Morgan fingerprint density at radius 3 is 2.68 bits per heavy atom. The van der Waals surface area contributed by atoms with Crippen molar-refractivity contribution in [2.75, 3.05) is 39.5 Å². The number of carbonyl (C=O) groups excluding carboxylic acids is 2. The van der Waals surface area contributed by atoms with Crippen LogP contribution >= 0.6 is 0 Å². The second-order valence-electron chi connectivity index (χ2n) is 4.61. The molecule has 110 valence electrons. The van der Waals surface area contributed by atoms with E-state index in [1.54, 1.807) is 6.92 Å². The minimum Gasteiger partial charge on any atom is -0.466 e. The average molecular weight is 272 g/mol. The fourth-order valence-electron chi connectivity index (χ4n) is 1.94. The van der Waals surface area contributed by atoms with Crippen LogP contribution in [0, 0.1) is 0 Å². The van der Waals surface area contributed by atoms with Gasteiger partial charge in [-0.25, -0.2) is 0 Å². The molecule has 0 aromatic heterocycles. The van der Waals surface area contributed by atoms with Crippen molar-refractivity contribution in [3.63, 3.8) is 0 Å². The van der Waals surface area contributed by atoms with Crippen molar-refractivity contribution in [2.24, 2.45) is 0 Å². The van der Waals surface area contributed by atoms with Crippen molar-refractivity contribution >= 4 is 11.9 Å². The van der Waals surface area contributed by atoms with Crippen LogP contribution in [-0.4, -0.2) is 62.3 Å². The largest absolute Gasteiger partial charge is 0.466 e. The number of amides is 1. The molecular formula is C13H24N2O4. The molecule has 0 bridgehead atoms. The van der Waals surface area contributed by atoms with E-state index in [1.165, 1.54) is 0 Å². The fraction of sp³-hybridized carbons (Fsp3) is 0.846. The normalized spacial score (nSPS) is 17.1. The first-order chi connectivity index (χ1) is 9.13. The number of hydrogen-bond donors (Lipinski definition) is 1. The van der Waals surface area contributed by atoms with Gasteiger partial charge in [0.2, 0.25) is 5.91 Å². The zero-order valence-corrected chi connectivity index (χ0v) is 11.8. The van der Waals surface area contributed by atoms with E-state index in [-0.39, 0.29) is 17.9 Å². The molecule has 1 aliphatic rings. The number of nitrogens with zero attached hydrogens (tertiary/aromatic N) is 1. The maximum atomic E-state index is 11.8. The van der Waals surface area contributed by atoms with Gasteiger partial charge in [-0.1, -0.05) is 0 Å². The summed E-state index contributed by atoms with van der Waals surface area (Å²) in [6.45, 7) is 7.29. The van der Waals surface area contributed by atoms with E-state index < -0.39 is 0 Å². The van der Waals surface area contributed by atoms with Crippen LogP contribution in [0.3, 0.4) is 0 Å². The van der Waals surface area contributed by atoms with Gasteiger partial charge in [0.15, 0.2) is 0 Å². The molecule has 1 amide bonds. The smallest absolute Gasteiger partial charge is 0.307 e. The van der Waals surface area contributed by atoms with E-state index in [1.807, 2.05) is 11.8 Å². The third-order valence-electron chi connectivity index (χ3n) is 2.97. The standard InChI is InChI=1S/C13H24N2O4/c1-3-19-13(17)10-11(2)14-5-4-12(16)15-6-8-18-9-7-15/h11,14H,3-10H2,1-2H3. The molecule has 1 fully saturated rings. The van der Waals surface area contributed by atoms with E-state index >= 15 is 0 Å². The monoisotopic (exact) mass is 272 g/mol. The van der Waals surface area contributed by atoms with Gasteiger partial charge in [-0.3, -0.25) is 9.59 Å². The average Bonchev–Trinajstić information content (AvgIpc) is 2.39. The van der Waals surface area contributed by atoms with Crippen molar-refractivity contribution < 1.29 is 19.1 Å². The predicted octanol–water partition coefficient (Wildman–Crippen LogP) is 0.167. The molecule has 1 N–H and O–H groups in total. The minimum absolute atomic E-state index is 0.0246. The highest BCUT2D eigenvalue weighted by atomic mass is 16.5. The second kappa shape index (κ2) is 8.87. The summed E-state index contributed by atoms with van der Waals surface area (Å²) < 4.78 is 10.1. The summed E-state index contributed by atoms with van der Waals surface area (Å²) in [5.74, 6) is -0.0684. The highest BCUT2D eigenvalue weighted by Crippen LogP contribution is 2.00. The van der Waals surface area contributed by atoms with Crippen LogP contribution in [-0.2, 0) is 19.1 Å². The Bertz CT molecular complexity index is 290. The number of carbonyl (C=O) groups is 2. The highest BCUT2D eigenvalue weighted by molar-refractivity contribution is 5.76. The molecule has 0 aromatic rings. The Labute approximate surface area is 114 Å². The lowest BCUT2D eigenvalue weighted by Crippen LogP contribution is -2.42. The van der Waals surface area contributed by atoms with Gasteiger partial charge in [-0.2, -0.15) is 0 Å². The van der Waals surface area contributed by atoms with Gasteiger partial charge < -0.3 is 19.7 Å². The topological polar surface area (TPSA) is 67.9 Å². The summed E-state index contributed by atoms with van der Waals surface area (Å²) in [6, 6.07) is 0.0246. The molecule has 1 saturated heterocycles. The minimum atomic E-state index is -0.206. The lowest BCUT2D eigenvalue weighted by Gasteiger charge is -2.27. The molecule has 1 atom stereocenters. The van der Waals surface area contributed by atoms with Crippen molar-refractivity contribution in [3.05, 3.63) is 0 Å².